The predicted molar refractivity (Wildman–Crippen MR) is 83.2 cm³/mol. The van der Waals surface area contributed by atoms with E-state index in [1.807, 2.05) is 39.8 Å². The van der Waals surface area contributed by atoms with Crippen molar-refractivity contribution >= 4 is 11.9 Å². The Bertz CT molecular complexity index is 597. The highest BCUT2D eigenvalue weighted by molar-refractivity contribution is 5.89. The average molecular weight is 305 g/mol. The number of carbonyl (C=O) groups excluding carboxylic acids is 1. The van der Waals surface area contributed by atoms with Gasteiger partial charge in [-0.2, -0.15) is 0 Å². The van der Waals surface area contributed by atoms with E-state index in [0.717, 1.165) is 22.4 Å². The van der Waals surface area contributed by atoms with E-state index in [1.54, 1.807) is 0 Å². The van der Waals surface area contributed by atoms with Crippen molar-refractivity contribution in [1.29, 1.82) is 0 Å². The molecule has 1 heterocycles. The van der Waals surface area contributed by atoms with E-state index in [1.165, 1.54) is 0 Å². The second-order valence-electron chi connectivity index (χ2n) is 6.05. The lowest BCUT2D eigenvalue weighted by Gasteiger charge is -2.21. The second-order valence-corrected chi connectivity index (χ2v) is 6.05. The molecule has 1 aliphatic rings. The van der Waals surface area contributed by atoms with Crippen molar-refractivity contribution in [2.45, 2.75) is 46.1 Å². The van der Waals surface area contributed by atoms with Gasteiger partial charge in [-0.3, -0.25) is 4.79 Å². The zero-order valence-electron chi connectivity index (χ0n) is 13.5. The topological polar surface area (TPSA) is 75.6 Å². The Kier molecular flexibility index (Phi) is 4.74. The summed E-state index contributed by atoms with van der Waals surface area (Å²) >= 11 is 0. The third-order valence-electron chi connectivity index (χ3n) is 4.50. The maximum Gasteiger partial charge on any atom is 0.326 e. The molecule has 1 aliphatic heterocycles. The van der Waals surface area contributed by atoms with Crippen molar-refractivity contribution in [3.05, 3.63) is 28.8 Å². The van der Waals surface area contributed by atoms with Crippen LogP contribution < -0.4 is 10.1 Å². The molecule has 0 fully saturated rings. The van der Waals surface area contributed by atoms with Crippen LogP contribution in [0.4, 0.5) is 0 Å². The zero-order chi connectivity index (χ0) is 16.4. The molecule has 0 radical (unpaired) electrons. The highest BCUT2D eigenvalue weighted by Gasteiger charge is 2.34. The van der Waals surface area contributed by atoms with Gasteiger partial charge >= 0.3 is 5.97 Å². The number of rotatable bonds is 5. The molecule has 1 aromatic carbocycles. The normalized spacial score (nSPS) is 19.0. The lowest BCUT2D eigenvalue weighted by atomic mass is 9.94. The first-order valence-electron chi connectivity index (χ1n) is 7.62. The number of fused-ring (bicyclic) bond motifs is 1. The number of ether oxygens (including phenoxy) is 1. The van der Waals surface area contributed by atoms with E-state index >= 15 is 0 Å². The van der Waals surface area contributed by atoms with Gasteiger partial charge in [0.25, 0.3) is 0 Å². The van der Waals surface area contributed by atoms with Crippen molar-refractivity contribution in [3.8, 4) is 5.75 Å². The highest BCUT2D eigenvalue weighted by atomic mass is 16.5. The van der Waals surface area contributed by atoms with Crippen molar-refractivity contribution in [3.63, 3.8) is 0 Å². The van der Waals surface area contributed by atoms with Crippen LogP contribution in [0.15, 0.2) is 12.1 Å². The molecule has 22 heavy (non-hydrogen) atoms. The summed E-state index contributed by atoms with van der Waals surface area (Å²) in [5.74, 6) is -1.13. The highest BCUT2D eigenvalue weighted by Crippen LogP contribution is 2.36. The van der Waals surface area contributed by atoms with Crippen LogP contribution in [0.25, 0.3) is 0 Å². The Hall–Kier alpha value is -2.04. The number of nitrogens with one attached hydrogen (secondary N) is 1. The summed E-state index contributed by atoms with van der Waals surface area (Å²) in [6.45, 7) is 7.98. The van der Waals surface area contributed by atoms with Gasteiger partial charge in [-0.1, -0.05) is 26.3 Å². The number of amides is 1. The predicted octanol–water partition coefficient (Wildman–Crippen LogP) is 2.39. The maximum atomic E-state index is 12.5. The second kappa shape index (κ2) is 6.38. The number of benzene rings is 1. The maximum absolute atomic E-state index is 12.5. The number of aliphatic carboxylic acids is 1. The van der Waals surface area contributed by atoms with Gasteiger partial charge in [0.2, 0.25) is 5.91 Å². The van der Waals surface area contributed by atoms with Crippen LogP contribution in [0, 0.1) is 19.8 Å². The van der Waals surface area contributed by atoms with Gasteiger partial charge < -0.3 is 15.2 Å². The standard InChI is InChI=1S/C17H23NO4/c1-5-9(2)15(17(20)21)18-16(19)13-8-22-14-7-11(4)10(3)6-12(13)14/h6-7,9,13,15H,5,8H2,1-4H3,(H,18,19)(H,20,21)/t9-,13?,15-/m0/s1. The Labute approximate surface area is 130 Å². The Morgan fingerprint density at radius 1 is 1.36 bits per heavy atom. The summed E-state index contributed by atoms with van der Waals surface area (Å²) in [5.41, 5.74) is 3.05. The molecule has 0 saturated heterocycles. The molecule has 1 aromatic rings. The minimum absolute atomic E-state index is 0.122. The monoisotopic (exact) mass is 305 g/mol. The summed E-state index contributed by atoms with van der Waals surface area (Å²) in [5, 5.41) is 12.0. The van der Waals surface area contributed by atoms with Crippen molar-refractivity contribution in [2.24, 2.45) is 5.92 Å². The third kappa shape index (κ3) is 3.08. The lowest BCUT2D eigenvalue weighted by Crippen LogP contribution is -2.47. The summed E-state index contributed by atoms with van der Waals surface area (Å²) in [6, 6.07) is 3.02. The minimum Gasteiger partial charge on any atom is -0.492 e. The molecule has 0 aromatic heterocycles. The molecule has 0 spiro atoms. The van der Waals surface area contributed by atoms with Crippen LogP contribution in [0.3, 0.4) is 0 Å². The first-order valence-corrected chi connectivity index (χ1v) is 7.62. The first kappa shape index (κ1) is 16.3. The fraction of sp³-hybridized carbons (Fsp3) is 0.529. The van der Waals surface area contributed by atoms with Gasteiger partial charge in [0, 0.05) is 5.56 Å². The number of hydrogen-bond acceptors (Lipinski definition) is 3. The van der Waals surface area contributed by atoms with Gasteiger partial charge in [-0.15, -0.1) is 0 Å². The molecule has 5 heteroatoms. The average Bonchev–Trinajstić information content (AvgIpc) is 2.86. The van der Waals surface area contributed by atoms with Gasteiger partial charge in [0.15, 0.2) is 0 Å². The number of carboxylic acids is 1. The molecule has 3 atom stereocenters. The van der Waals surface area contributed by atoms with Crippen LogP contribution in [0.5, 0.6) is 5.75 Å². The summed E-state index contributed by atoms with van der Waals surface area (Å²) < 4.78 is 5.59. The van der Waals surface area contributed by atoms with E-state index in [4.69, 9.17) is 4.74 Å². The quantitative estimate of drug-likeness (QED) is 0.876. The van der Waals surface area contributed by atoms with Crippen LogP contribution >= 0.6 is 0 Å². The molecule has 0 aliphatic carbocycles. The van der Waals surface area contributed by atoms with E-state index in [-0.39, 0.29) is 18.4 Å². The van der Waals surface area contributed by atoms with Crippen LogP contribution in [-0.2, 0) is 9.59 Å². The van der Waals surface area contributed by atoms with E-state index in [0.29, 0.717) is 6.42 Å². The fourth-order valence-electron chi connectivity index (χ4n) is 2.63. The minimum atomic E-state index is -0.998. The van der Waals surface area contributed by atoms with Gasteiger partial charge in [-0.25, -0.2) is 4.79 Å². The fourth-order valence-corrected chi connectivity index (χ4v) is 2.63. The van der Waals surface area contributed by atoms with Crippen molar-refractivity contribution < 1.29 is 19.4 Å². The smallest absolute Gasteiger partial charge is 0.326 e. The lowest BCUT2D eigenvalue weighted by molar-refractivity contribution is -0.143. The molecule has 0 saturated carbocycles. The molecule has 2 N–H and O–H groups in total. The van der Waals surface area contributed by atoms with Crippen molar-refractivity contribution in [1.82, 2.24) is 5.32 Å². The molecule has 0 bridgehead atoms. The number of carbonyl (C=O) groups is 2. The van der Waals surface area contributed by atoms with Crippen LogP contribution in [0.1, 0.15) is 42.9 Å². The SMILES string of the molecule is CC[C@H](C)[C@H](NC(=O)C1COc2cc(C)c(C)cc21)C(=O)O. The van der Waals surface area contributed by atoms with Gasteiger partial charge in [-0.05, 0) is 37.0 Å². The molecule has 5 nitrogen and oxygen atoms in total. The molecule has 120 valence electrons. The number of carboxylic acid groups (broad SMARTS) is 1. The molecule has 1 unspecified atom stereocenters. The molecular formula is C17H23NO4. The van der Waals surface area contributed by atoms with Crippen LogP contribution in [-0.4, -0.2) is 29.6 Å². The Morgan fingerprint density at radius 3 is 2.59 bits per heavy atom. The van der Waals surface area contributed by atoms with Gasteiger partial charge in [0.05, 0.1) is 0 Å². The Balaban J connectivity index is 2.19. The largest absolute Gasteiger partial charge is 0.492 e. The van der Waals surface area contributed by atoms with Crippen molar-refractivity contribution in [2.75, 3.05) is 6.61 Å². The first-order chi connectivity index (χ1) is 10.3. The van der Waals surface area contributed by atoms with E-state index < -0.39 is 17.9 Å². The molecule has 1 amide bonds. The summed E-state index contributed by atoms with van der Waals surface area (Å²) in [6.07, 6.45) is 0.688. The van der Waals surface area contributed by atoms with E-state index in [9.17, 15) is 14.7 Å². The third-order valence-corrected chi connectivity index (χ3v) is 4.50. The zero-order valence-corrected chi connectivity index (χ0v) is 13.5. The van der Waals surface area contributed by atoms with Crippen LogP contribution in [0.2, 0.25) is 0 Å². The van der Waals surface area contributed by atoms with E-state index in [2.05, 4.69) is 5.32 Å². The molecule has 2 rings (SSSR count). The number of hydrogen-bond donors (Lipinski definition) is 2. The molecular weight excluding hydrogens is 282 g/mol. The van der Waals surface area contributed by atoms with Gasteiger partial charge in [0.1, 0.15) is 24.3 Å². The Morgan fingerprint density at radius 2 is 2.00 bits per heavy atom. The summed E-state index contributed by atoms with van der Waals surface area (Å²) in [4.78, 5) is 23.8. The summed E-state index contributed by atoms with van der Waals surface area (Å²) in [7, 11) is 0. The number of aryl methyl sites for hydroxylation is 2.